The number of anilines is 1. The highest BCUT2D eigenvalue weighted by Crippen LogP contribution is 2.15. The van der Waals surface area contributed by atoms with Crippen LogP contribution in [0.2, 0.25) is 0 Å². The van der Waals surface area contributed by atoms with E-state index in [1.54, 1.807) is 30.7 Å². The van der Waals surface area contributed by atoms with Gasteiger partial charge in [0.25, 0.3) is 5.56 Å². The van der Waals surface area contributed by atoms with Crippen molar-refractivity contribution in [2.45, 2.75) is 6.54 Å². The van der Waals surface area contributed by atoms with Crippen molar-refractivity contribution in [3.8, 4) is 0 Å². The van der Waals surface area contributed by atoms with Crippen molar-refractivity contribution in [2.75, 3.05) is 12.0 Å². The number of hydrogen-bond donors (Lipinski definition) is 2. The van der Waals surface area contributed by atoms with Crippen molar-refractivity contribution in [1.82, 2.24) is 23.7 Å². The molecule has 0 fully saturated rings. The summed E-state index contributed by atoms with van der Waals surface area (Å²) >= 11 is 0. The van der Waals surface area contributed by atoms with Gasteiger partial charge >= 0.3 is 5.69 Å². The number of rotatable bonds is 5. The maximum absolute atomic E-state index is 12.4. The van der Waals surface area contributed by atoms with Gasteiger partial charge in [-0.15, -0.1) is 0 Å². The molecule has 0 unspecified atom stereocenters. The van der Waals surface area contributed by atoms with E-state index in [1.165, 1.54) is 23.2 Å². The first-order valence-electron chi connectivity index (χ1n) is 7.50. The number of nitrogens with zero attached hydrogens (tertiary/aromatic N) is 6. The van der Waals surface area contributed by atoms with Gasteiger partial charge in [0.05, 0.1) is 12.8 Å². The van der Waals surface area contributed by atoms with Crippen molar-refractivity contribution in [3.63, 3.8) is 0 Å². The Balaban J connectivity index is 2.09. The van der Waals surface area contributed by atoms with Crippen molar-refractivity contribution >= 4 is 23.3 Å². The molecule has 3 rings (SSSR count). The van der Waals surface area contributed by atoms with Crippen molar-refractivity contribution in [2.24, 2.45) is 19.2 Å². The molecule has 0 aliphatic rings. The van der Waals surface area contributed by atoms with E-state index >= 15 is 0 Å². The molecule has 0 saturated heterocycles. The van der Waals surface area contributed by atoms with E-state index in [0.29, 0.717) is 0 Å². The molecule has 0 saturated carbocycles. The standard InChI is InChI=1S/C15H17N7O3/c1-20-12-11(13(24)21(2)15(20)25)22(7-8-23)14(18-12)19-17-9-10-3-5-16-6-4-10/h3-6,9,23H,7-8H2,1-2H3,(H,18,19). The predicted molar refractivity (Wildman–Crippen MR) is 92.8 cm³/mol. The van der Waals surface area contributed by atoms with Crippen LogP contribution in [0.15, 0.2) is 39.2 Å². The number of aliphatic hydroxyl groups is 1. The van der Waals surface area contributed by atoms with E-state index < -0.39 is 11.2 Å². The monoisotopic (exact) mass is 343 g/mol. The Morgan fingerprint density at radius 1 is 1.24 bits per heavy atom. The first-order chi connectivity index (χ1) is 12.0. The van der Waals surface area contributed by atoms with Crippen LogP contribution in [-0.2, 0) is 20.6 Å². The van der Waals surface area contributed by atoms with Crippen LogP contribution in [0.25, 0.3) is 11.2 Å². The summed E-state index contributed by atoms with van der Waals surface area (Å²) in [6.07, 6.45) is 4.85. The van der Waals surface area contributed by atoms with Crippen LogP contribution in [0.1, 0.15) is 5.56 Å². The zero-order chi connectivity index (χ0) is 18.0. The fourth-order valence-corrected chi connectivity index (χ4v) is 2.46. The van der Waals surface area contributed by atoms with Crippen molar-refractivity contribution < 1.29 is 5.11 Å². The third kappa shape index (κ3) is 2.94. The lowest BCUT2D eigenvalue weighted by Crippen LogP contribution is -2.37. The van der Waals surface area contributed by atoms with Gasteiger partial charge in [-0.2, -0.15) is 10.1 Å². The molecule has 3 aromatic heterocycles. The molecule has 0 aliphatic carbocycles. The number of pyridine rings is 1. The molecule has 3 aromatic rings. The van der Waals surface area contributed by atoms with Gasteiger partial charge in [0, 0.05) is 33.0 Å². The van der Waals surface area contributed by atoms with Gasteiger partial charge in [-0.3, -0.25) is 18.9 Å². The molecule has 0 atom stereocenters. The lowest BCUT2D eigenvalue weighted by Gasteiger charge is -2.07. The second kappa shape index (κ2) is 6.69. The second-order valence-electron chi connectivity index (χ2n) is 5.34. The van der Waals surface area contributed by atoms with Gasteiger partial charge in [0.1, 0.15) is 0 Å². The molecule has 0 spiro atoms. The van der Waals surface area contributed by atoms with Gasteiger partial charge in [-0.25, -0.2) is 10.2 Å². The highest BCUT2D eigenvalue weighted by molar-refractivity contribution is 5.80. The second-order valence-corrected chi connectivity index (χ2v) is 5.34. The summed E-state index contributed by atoms with van der Waals surface area (Å²) < 4.78 is 3.78. The summed E-state index contributed by atoms with van der Waals surface area (Å²) in [5, 5.41) is 13.4. The Hall–Kier alpha value is -3.27. The molecule has 0 aliphatic heterocycles. The molecule has 2 N–H and O–H groups in total. The SMILES string of the molecule is Cn1c(=O)c2c(nc(NN=Cc3ccncc3)n2CCO)n(C)c1=O. The maximum atomic E-state index is 12.4. The maximum Gasteiger partial charge on any atom is 0.332 e. The largest absolute Gasteiger partial charge is 0.395 e. The van der Waals surface area contributed by atoms with Gasteiger partial charge in [0.2, 0.25) is 5.95 Å². The molecule has 10 heteroatoms. The number of aliphatic hydroxyl groups excluding tert-OH is 1. The molecule has 3 heterocycles. The highest BCUT2D eigenvalue weighted by atomic mass is 16.3. The molecule has 0 amide bonds. The van der Waals surface area contributed by atoms with E-state index in [0.717, 1.165) is 10.1 Å². The molecule has 0 aromatic carbocycles. The van der Waals surface area contributed by atoms with Gasteiger partial charge < -0.3 is 9.67 Å². The number of aromatic nitrogens is 5. The van der Waals surface area contributed by atoms with Crippen LogP contribution < -0.4 is 16.7 Å². The Bertz CT molecular complexity index is 1050. The Morgan fingerprint density at radius 2 is 1.96 bits per heavy atom. The smallest absolute Gasteiger partial charge is 0.332 e. The summed E-state index contributed by atoms with van der Waals surface area (Å²) in [5.74, 6) is 0.257. The number of imidazole rings is 1. The molecule has 0 bridgehead atoms. The van der Waals surface area contributed by atoms with Crippen molar-refractivity contribution in [3.05, 3.63) is 50.9 Å². The average Bonchev–Trinajstić information content (AvgIpc) is 2.98. The van der Waals surface area contributed by atoms with Gasteiger partial charge in [-0.1, -0.05) is 0 Å². The Morgan fingerprint density at radius 3 is 2.64 bits per heavy atom. The van der Waals surface area contributed by atoms with E-state index in [1.807, 2.05) is 0 Å². The first kappa shape index (κ1) is 16.6. The van der Waals surface area contributed by atoms with E-state index in [9.17, 15) is 14.7 Å². The van der Waals surface area contributed by atoms with E-state index in [4.69, 9.17) is 0 Å². The van der Waals surface area contributed by atoms with E-state index in [2.05, 4.69) is 20.5 Å². The quantitative estimate of drug-likeness (QED) is 0.465. The number of fused-ring (bicyclic) bond motifs is 1. The minimum absolute atomic E-state index is 0.136. The number of nitrogens with one attached hydrogen (secondary N) is 1. The van der Waals surface area contributed by atoms with Crippen LogP contribution in [0.5, 0.6) is 0 Å². The average molecular weight is 343 g/mol. The number of hydrazone groups is 1. The topological polar surface area (TPSA) is 119 Å². The lowest BCUT2D eigenvalue weighted by molar-refractivity contribution is 0.278. The molecular formula is C15H17N7O3. The highest BCUT2D eigenvalue weighted by Gasteiger charge is 2.18. The summed E-state index contributed by atoms with van der Waals surface area (Å²) in [5.41, 5.74) is 3.08. The van der Waals surface area contributed by atoms with E-state index in [-0.39, 0.29) is 30.3 Å². The Kier molecular flexibility index (Phi) is 4.44. The molecule has 130 valence electrons. The van der Waals surface area contributed by atoms with Crippen LogP contribution >= 0.6 is 0 Å². The normalized spacial score (nSPS) is 11.5. The number of hydrogen-bond acceptors (Lipinski definition) is 7. The Labute approximate surface area is 141 Å². The minimum Gasteiger partial charge on any atom is -0.395 e. The van der Waals surface area contributed by atoms with Gasteiger partial charge in [0.15, 0.2) is 11.2 Å². The fourth-order valence-electron chi connectivity index (χ4n) is 2.46. The fraction of sp³-hybridized carbons (Fsp3) is 0.267. The van der Waals surface area contributed by atoms with Crippen LogP contribution in [0.3, 0.4) is 0 Å². The first-order valence-corrected chi connectivity index (χ1v) is 7.50. The number of aryl methyl sites for hydroxylation is 1. The summed E-state index contributed by atoms with van der Waals surface area (Å²) in [4.78, 5) is 32.7. The molecule has 0 radical (unpaired) electrons. The molecule has 25 heavy (non-hydrogen) atoms. The zero-order valence-corrected chi connectivity index (χ0v) is 13.7. The van der Waals surface area contributed by atoms with Crippen LogP contribution in [0, 0.1) is 0 Å². The summed E-state index contributed by atoms with van der Waals surface area (Å²) in [7, 11) is 2.93. The van der Waals surface area contributed by atoms with Crippen LogP contribution in [-0.4, -0.2) is 41.6 Å². The third-order valence-electron chi connectivity index (χ3n) is 3.76. The van der Waals surface area contributed by atoms with Crippen molar-refractivity contribution in [1.29, 1.82) is 0 Å². The molecule has 10 nitrogen and oxygen atoms in total. The predicted octanol–water partition coefficient (Wildman–Crippen LogP) is -0.733. The minimum atomic E-state index is -0.481. The lowest BCUT2D eigenvalue weighted by atomic mass is 10.3. The third-order valence-corrected chi connectivity index (χ3v) is 3.76. The summed E-state index contributed by atoms with van der Waals surface area (Å²) in [6.45, 7) is -0.0583. The summed E-state index contributed by atoms with van der Waals surface area (Å²) in [6, 6.07) is 3.56. The van der Waals surface area contributed by atoms with Crippen LogP contribution in [0.4, 0.5) is 5.95 Å². The zero-order valence-electron chi connectivity index (χ0n) is 13.7. The molecular weight excluding hydrogens is 326 g/mol. The van der Waals surface area contributed by atoms with Gasteiger partial charge in [-0.05, 0) is 17.7 Å².